The highest BCUT2D eigenvalue weighted by Gasteiger charge is 2.38. The Labute approximate surface area is 97.3 Å². The number of halogens is 1. The maximum absolute atomic E-state index is 11.6. The normalized spacial score (nSPS) is 30.5. The second-order valence-corrected chi connectivity index (χ2v) is 4.22. The first-order chi connectivity index (χ1) is 6.62. The molecular formula is C10H21ClN2O2. The van der Waals surface area contributed by atoms with Gasteiger partial charge in [-0.3, -0.25) is 16.1 Å². The molecule has 1 aliphatic carbocycles. The van der Waals surface area contributed by atoms with Gasteiger partial charge >= 0.3 is 5.97 Å². The summed E-state index contributed by atoms with van der Waals surface area (Å²) in [5, 5.41) is 0. The average Bonchev–Trinajstić information content (AvgIpc) is 2.19. The van der Waals surface area contributed by atoms with Gasteiger partial charge in [0.25, 0.3) is 0 Å². The van der Waals surface area contributed by atoms with Crippen molar-refractivity contribution in [3.8, 4) is 0 Å². The van der Waals surface area contributed by atoms with Crippen molar-refractivity contribution in [2.75, 3.05) is 6.61 Å². The van der Waals surface area contributed by atoms with E-state index in [0.717, 1.165) is 25.7 Å². The quantitative estimate of drug-likeness (QED) is 0.442. The Morgan fingerprint density at radius 1 is 1.53 bits per heavy atom. The molecule has 0 saturated heterocycles. The van der Waals surface area contributed by atoms with E-state index in [-0.39, 0.29) is 23.8 Å². The van der Waals surface area contributed by atoms with Gasteiger partial charge in [0.2, 0.25) is 0 Å². The molecule has 15 heavy (non-hydrogen) atoms. The summed E-state index contributed by atoms with van der Waals surface area (Å²) >= 11 is 0. The number of esters is 1. The van der Waals surface area contributed by atoms with E-state index in [9.17, 15) is 4.79 Å². The van der Waals surface area contributed by atoms with Crippen molar-refractivity contribution < 1.29 is 9.53 Å². The van der Waals surface area contributed by atoms with Crippen molar-refractivity contribution in [2.24, 2.45) is 11.3 Å². The molecular weight excluding hydrogens is 216 g/mol. The van der Waals surface area contributed by atoms with Gasteiger partial charge in [0.15, 0.2) is 0 Å². The summed E-state index contributed by atoms with van der Waals surface area (Å²) in [5.41, 5.74) is 2.47. The second-order valence-electron chi connectivity index (χ2n) is 4.22. The lowest BCUT2D eigenvalue weighted by atomic mass is 9.74. The van der Waals surface area contributed by atoms with E-state index in [1.54, 1.807) is 0 Å². The number of rotatable bonds is 3. The largest absolute Gasteiger partial charge is 0.466 e. The summed E-state index contributed by atoms with van der Waals surface area (Å²) in [5.74, 6) is 5.30. The van der Waals surface area contributed by atoms with Crippen LogP contribution in [0.3, 0.4) is 0 Å². The maximum atomic E-state index is 11.6. The van der Waals surface area contributed by atoms with Gasteiger partial charge in [-0.1, -0.05) is 0 Å². The molecule has 1 aliphatic rings. The molecule has 1 fully saturated rings. The van der Waals surface area contributed by atoms with E-state index in [2.05, 4.69) is 5.43 Å². The summed E-state index contributed by atoms with van der Waals surface area (Å²) in [7, 11) is 0. The van der Waals surface area contributed by atoms with E-state index in [0.29, 0.717) is 12.6 Å². The summed E-state index contributed by atoms with van der Waals surface area (Å²) in [6.45, 7) is 4.29. The molecule has 0 unspecified atom stereocenters. The summed E-state index contributed by atoms with van der Waals surface area (Å²) in [6.07, 6.45) is 3.62. The number of nitrogens with one attached hydrogen (secondary N) is 1. The van der Waals surface area contributed by atoms with Crippen molar-refractivity contribution in [3.05, 3.63) is 0 Å². The Morgan fingerprint density at radius 2 is 2.07 bits per heavy atom. The Morgan fingerprint density at radius 3 is 2.47 bits per heavy atom. The van der Waals surface area contributed by atoms with E-state index < -0.39 is 0 Å². The third kappa shape index (κ3) is 3.63. The molecule has 0 bridgehead atoms. The van der Waals surface area contributed by atoms with Gasteiger partial charge in [0, 0.05) is 6.04 Å². The fraction of sp³-hybridized carbons (Fsp3) is 0.900. The standard InChI is InChI=1S/C10H20N2O2.ClH/c1-3-14-9(13)10(2)6-4-8(12-11)5-7-10;/h8,12H,3-7,11H2,1-2H3;1H. The maximum Gasteiger partial charge on any atom is 0.311 e. The number of nitrogens with two attached hydrogens (primary N) is 1. The molecule has 3 N–H and O–H groups in total. The molecule has 0 heterocycles. The lowest BCUT2D eigenvalue weighted by Crippen LogP contribution is -2.43. The number of hydrogen-bond acceptors (Lipinski definition) is 4. The first-order valence-corrected chi connectivity index (χ1v) is 5.25. The number of carbonyl (C=O) groups is 1. The number of ether oxygens (including phenoxy) is 1. The molecule has 0 aromatic heterocycles. The lowest BCUT2D eigenvalue weighted by molar-refractivity contribution is -0.156. The number of hydrogen-bond donors (Lipinski definition) is 2. The highest BCUT2D eigenvalue weighted by atomic mass is 35.5. The summed E-state index contributed by atoms with van der Waals surface area (Å²) in [4.78, 5) is 11.6. The van der Waals surface area contributed by atoms with Crippen LogP contribution in [0, 0.1) is 5.41 Å². The fourth-order valence-corrected chi connectivity index (χ4v) is 1.93. The van der Waals surface area contributed by atoms with Gasteiger partial charge in [0.1, 0.15) is 0 Å². The van der Waals surface area contributed by atoms with Crippen LogP contribution < -0.4 is 11.3 Å². The van der Waals surface area contributed by atoms with Crippen LogP contribution >= 0.6 is 12.4 Å². The third-order valence-electron chi connectivity index (χ3n) is 3.09. The van der Waals surface area contributed by atoms with Crippen LogP contribution in [0.15, 0.2) is 0 Å². The lowest BCUT2D eigenvalue weighted by Gasteiger charge is -2.34. The van der Waals surface area contributed by atoms with Crippen LogP contribution in [0.5, 0.6) is 0 Å². The third-order valence-corrected chi connectivity index (χ3v) is 3.09. The van der Waals surface area contributed by atoms with E-state index in [1.807, 2.05) is 13.8 Å². The zero-order chi connectivity index (χ0) is 10.6. The van der Waals surface area contributed by atoms with Crippen molar-refractivity contribution in [2.45, 2.75) is 45.6 Å². The SMILES string of the molecule is CCOC(=O)C1(C)CCC(NN)CC1.Cl. The predicted molar refractivity (Wildman–Crippen MR) is 61.6 cm³/mol. The monoisotopic (exact) mass is 236 g/mol. The number of carbonyl (C=O) groups excluding carboxylic acids is 1. The van der Waals surface area contributed by atoms with Gasteiger partial charge in [0.05, 0.1) is 12.0 Å². The molecule has 0 spiro atoms. The molecule has 0 amide bonds. The van der Waals surface area contributed by atoms with Gasteiger partial charge in [-0.25, -0.2) is 0 Å². The van der Waals surface area contributed by atoms with Crippen LogP contribution in [-0.4, -0.2) is 18.6 Å². The van der Waals surface area contributed by atoms with Crippen LogP contribution in [0.25, 0.3) is 0 Å². The minimum absolute atomic E-state index is 0. The molecule has 1 rings (SSSR count). The Kier molecular flexibility index (Phi) is 6.17. The van der Waals surface area contributed by atoms with Crippen LogP contribution in [0.2, 0.25) is 0 Å². The Bertz CT molecular complexity index is 204. The molecule has 0 radical (unpaired) electrons. The van der Waals surface area contributed by atoms with Crippen molar-refractivity contribution in [1.29, 1.82) is 0 Å². The van der Waals surface area contributed by atoms with Gasteiger partial charge in [-0.15, -0.1) is 12.4 Å². The zero-order valence-corrected chi connectivity index (χ0v) is 10.2. The average molecular weight is 237 g/mol. The summed E-state index contributed by atoms with van der Waals surface area (Å²) in [6, 6.07) is 0.359. The topological polar surface area (TPSA) is 64.3 Å². The number of hydrazine groups is 1. The Hall–Kier alpha value is -0.320. The molecule has 0 aliphatic heterocycles. The first-order valence-electron chi connectivity index (χ1n) is 5.25. The van der Waals surface area contributed by atoms with Crippen molar-refractivity contribution >= 4 is 18.4 Å². The van der Waals surface area contributed by atoms with Gasteiger partial charge in [-0.05, 0) is 39.5 Å². The predicted octanol–water partition coefficient (Wildman–Crippen LogP) is 1.38. The van der Waals surface area contributed by atoms with Gasteiger partial charge in [-0.2, -0.15) is 0 Å². The molecule has 0 aromatic rings. The second kappa shape index (κ2) is 6.30. The van der Waals surface area contributed by atoms with Crippen LogP contribution in [0.1, 0.15) is 39.5 Å². The zero-order valence-electron chi connectivity index (χ0n) is 9.41. The van der Waals surface area contributed by atoms with E-state index in [4.69, 9.17) is 10.6 Å². The van der Waals surface area contributed by atoms with Crippen molar-refractivity contribution in [1.82, 2.24) is 5.43 Å². The van der Waals surface area contributed by atoms with Crippen molar-refractivity contribution in [3.63, 3.8) is 0 Å². The minimum Gasteiger partial charge on any atom is -0.466 e. The van der Waals surface area contributed by atoms with Crippen LogP contribution in [0.4, 0.5) is 0 Å². The smallest absolute Gasteiger partial charge is 0.311 e. The van der Waals surface area contributed by atoms with Crippen LogP contribution in [-0.2, 0) is 9.53 Å². The van der Waals surface area contributed by atoms with E-state index >= 15 is 0 Å². The van der Waals surface area contributed by atoms with Gasteiger partial charge < -0.3 is 4.74 Å². The molecule has 4 nitrogen and oxygen atoms in total. The molecule has 1 saturated carbocycles. The minimum atomic E-state index is -0.288. The van der Waals surface area contributed by atoms with E-state index in [1.165, 1.54) is 0 Å². The highest BCUT2D eigenvalue weighted by Crippen LogP contribution is 2.36. The summed E-state index contributed by atoms with van der Waals surface area (Å²) < 4.78 is 5.06. The first kappa shape index (κ1) is 14.7. The molecule has 0 aromatic carbocycles. The Balaban J connectivity index is 0.00000196. The molecule has 5 heteroatoms. The molecule has 90 valence electrons. The fourth-order valence-electron chi connectivity index (χ4n) is 1.93. The molecule has 0 atom stereocenters. The highest BCUT2D eigenvalue weighted by molar-refractivity contribution is 5.85.